The number of benzene rings is 2. The number of hydrogen-bond acceptors (Lipinski definition) is 5. The molecule has 6 heteroatoms. The third kappa shape index (κ3) is 2.78. The first-order valence-electron chi connectivity index (χ1n) is 8.08. The molecular formula is C19H18N6. The number of nitrogens with one attached hydrogen (secondary N) is 1. The van der Waals surface area contributed by atoms with E-state index in [1.165, 1.54) is 6.33 Å². The lowest BCUT2D eigenvalue weighted by molar-refractivity contribution is 0.870. The Bertz CT molecular complexity index is 1010. The van der Waals surface area contributed by atoms with Gasteiger partial charge in [-0.1, -0.05) is 42.5 Å². The first kappa shape index (κ1) is 15.1. The molecule has 0 spiro atoms. The normalized spacial score (nSPS) is 12.2. The molecule has 0 amide bonds. The standard InChI is InChI=1S/C19H18N6/c1-13(14-7-3-2-4-8-14)24-18-17(20)19(22-11-21-18)25-12-23-15-9-5-6-10-16(15)25/h2-13H,20H2,1H3,(H,21,22,24). The van der Waals surface area contributed by atoms with E-state index in [0.717, 1.165) is 16.6 Å². The zero-order chi connectivity index (χ0) is 17.2. The van der Waals surface area contributed by atoms with E-state index in [0.29, 0.717) is 17.3 Å². The number of aromatic nitrogens is 4. The zero-order valence-corrected chi connectivity index (χ0v) is 13.8. The summed E-state index contributed by atoms with van der Waals surface area (Å²) in [4.78, 5) is 13.1. The van der Waals surface area contributed by atoms with Crippen LogP contribution in [0.2, 0.25) is 0 Å². The maximum Gasteiger partial charge on any atom is 0.167 e. The predicted molar refractivity (Wildman–Crippen MR) is 99.6 cm³/mol. The van der Waals surface area contributed by atoms with Crippen molar-refractivity contribution in [2.24, 2.45) is 0 Å². The molecule has 1 atom stereocenters. The molecule has 4 aromatic rings. The van der Waals surface area contributed by atoms with Crippen LogP contribution in [-0.2, 0) is 0 Å². The minimum Gasteiger partial charge on any atom is -0.393 e. The van der Waals surface area contributed by atoms with Crippen LogP contribution in [0.3, 0.4) is 0 Å². The number of nitrogens with two attached hydrogens (primary N) is 1. The van der Waals surface area contributed by atoms with Gasteiger partial charge < -0.3 is 11.1 Å². The molecule has 3 N–H and O–H groups in total. The lowest BCUT2D eigenvalue weighted by atomic mass is 10.1. The highest BCUT2D eigenvalue weighted by Gasteiger charge is 2.14. The predicted octanol–water partition coefficient (Wildman–Crippen LogP) is 3.57. The fraction of sp³-hybridized carbons (Fsp3) is 0.105. The van der Waals surface area contributed by atoms with Gasteiger partial charge in [0.05, 0.1) is 17.1 Å². The van der Waals surface area contributed by atoms with Crippen molar-refractivity contribution in [2.45, 2.75) is 13.0 Å². The molecule has 6 nitrogen and oxygen atoms in total. The summed E-state index contributed by atoms with van der Waals surface area (Å²) in [6.45, 7) is 2.07. The largest absolute Gasteiger partial charge is 0.393 e. The molecule has 1 unspecified atom stereocenters. The molecule has 2 aromatic heterocycles. The van der Waals surface area contributed by atoms with Crippen LogP contribution < -0.4 is 11.1 Å². The van der Waals surface area contributed by atoms with Gasteiger partial charge in [0.15, 0.2) is 11.6 Å². The Morgan fingerprint density at radius 3 is 2.56 bits per heavy atom. The highest BCUT2D eigenvalue weighted by atomic mass is 15.2. The molecule has 4 rings (SSSR count). The summed E-state index contributed by atoms with van der Waals surface area (Å²) in [5.41, 5.74) is 9.86. The number of imidazole rings is 1. The second kappa shape index (κ2) is 6.24. The number of fused-ring (bicyclic) bond motifs is 1. The monoisotopic (exact) mass is 330 g/mol. The first-order chi connectivity index (χ1) is 12.2. The van der Waals surface area contributed by atoms with Crippen molar-refractivity contribution >= 4 is 22.5 Å². The van der Waals surface area contributed by atoms with E-state index < -0.39 is 0 Å². The van der Waals surface area contributed by atoms with Crippen molar-refractivity contribution < 1.29 is 0 Å². The topological polar surface area (TPSA) is 81.7 Å². The Balaban J connectivity index is 1.71. The second-order valence-electron chi connectivity index (χ2n) is 5.84. The Labute approximate surface area is 145 Å². The van der Waals surface area contributed by atoms with Gasteiger partial charge in [-0.05, 0) is 24.6 Å². The lowest BCUT2D eigenvalue weighted by Crippen LogP contribution is -2.12. The SMILES string of the molecule is CC(Nc1ncnc(-n2cnc3ccccc32)c1N)c1ccccc1. The lowest BCUT2D eigenvalue weighted by Gasteiger charge is -2.17. The Morgan fingerprint density at radius 2 is 1.72 bits per heavy atom. The van der Waals surface area contributed by atoms with Crippen molar-refractivity contribution in [3.05, 3.63) is 72.8 Å². The number of hydrogen-bond donors (Lipinski definition) is 2. The highest BCUT2D eigenvalue weighted by Crippen LogP contribution is 2.27. The van der Waals surface area contributed by atoms with Crippen LogP contribution in [0, 0.1) is 0 Å². The summed E-state index contributed by atoms with van der Waals surface area (Å²) in [6, 6.07) is 18.1. The smallest absolute Gasteiger partial charge is 0.167 e. The summed E-state index contributed by atoms with van der Waals surface area (Å²) < 4.78 is 1.88. The van der Waals surface area contributed by atoms with Crippen molar-refractivity contribution in [1.29, 1.82) is 0 Å². The van der Waals surface area contributed by atoms with Gasteiger partial charge in [-0.15, -0.1) is 0 Å². The molecule has 25 heavy (non-hydrogen) atoms. The average Bonchev–Trinajstić information content (AvgIpc) is 3.08. The van der Waals surface area contributed by atoms with Gasteiger partial charge in [0, 0.05) is 0 Å². The molecule has 0 fully saturated rings. The highest BCUT2D eigenvalue weighted by molar-refractivity contribution is 5.80. The van der Waals surface area contributed by atoms with Gasteiger partial charge in [-0.2, -0.15) is 0 Å². The van der Waals surface area contributed by atoms with Gasteiger partial charge >= 0.3 is 0 Å². The van der Waals surface area contributed by atoms with Crippen molar-refractivity contribution in [3.63, 3.8) is 0 Å². The quantitative estimate of drug-likeness (QED) is 0.598. The number of nitrogen functional groups attached to an aromatic ring is 1. The summed E-state index contributed by atoms with van der Waals surface area (Å²) >= 11 is 0. The minimum absolute atomic E-state index is 0.0748. The van der Waals surface area contributed by atoms with Gasteiger partial charge in [0.2, 0.25) is 0 Å². The molecule has 0 aliphatic heterocycles. The van der Waals surface area contributed by atoms with E-state index in [9.17, 15) is 0 Å². The van der Waals surface area contributed by atoms with Crippen molar-refractivity contribution in [1.82, 2.24) is 19.5 Å². The van der Waals surface area contributed by atoms with Crippen LogP contribution in [0.15, 0.2) is 67.3 Å². The van der Waals surface area contributed by atoms with Crippen LogP contribution in [0.4, 0.5) is 11.5 Å². The van der Waals surface area contributed by atoms with Crippen LogP contribution >= 0.6 is 0 Å². The van der Waals surface area contributed by atoms with Crippen molar-refractivity contribution in [2.75, 3.05) is 11.1 Å². The van der Waals surface area contributed by atoms with Crippen LogP contribution in [0.1, 0.15) is 18.5 Å². The fourth-order valence-corrected chi connectivity index (χ4v) is 2.85. The molecule has 0 saturated carbocycles. The summed E-state index contributed by atoms with van der Waals surface area (Å²) in [5.74, 6) is 1.23. The summed E-state index contributed by atoms with van der Waals surface area (Å²) in [7, 11) is 0. The Hall–Kier alpha value is -3.41. The minimum atomic E-state index is 0.0748. The number of anilines is 2. The number of rotatable bonds is 4. The summed E-state index contributed by atoms with van der Waals surface area (Å²) in [5, 5.41) is 3.37. The number of para-hydroxylation sites is 2. The average molecular weight is 330 g/mol. The molecule has 0 aliphatic rings. The summed E-state index contributed by atoms with van der Waals surface area (Å²) in [6.07, 6.45) is 3.24. The third-order valence-electron chi connectivity index (χ3n) is 4.20. The molecule has 0 saturated heterocycles. The van der Waals surface area contributed by atoms with Gasteiger partial charge in [0.25, 0.3) is 0 Å². The Kier molecular flexibility index (Phi) is 3.78. The molecule has 0 aliphatic carbocycles. The Morgan fingerprint density at radius 1 is 0.960 bits per heavy atom. The van der Waals surface area contributed by atoms with E-state index in [2.05, 4.69) is 39.3 Å². The van der Waals surface area contributed by atoms with E-state index >= 15 is 0 Å². The van der Waals surface area contributed by atoms with Crippen LogP contribution in [-0.4, -0.2) is 19.5 Å². The maximum atomic E-state index is 6.36. The molecule has 2 aromatic carbocycles. The van der Waals surface area contributed by atoms with Gasteiger partial charge in [-0.3, -0.25) is 4.57 Å². The molecule has 0 radical (unpaired) electrons. The van der Waals surface area contributed by atoms with E-state index in [-0.39, 0.29) is 6.04 Å². The van der Waals surface area contributed by atoms with Crippen LogP contribution in [0.5, 0.6) is 0 Å². The fourth-order valence-electron chi connectivity index (χ4n) is 2.85. The number of nitrogens with zero attached hydrogens (tertiary/aromatic N) is 4. The molecule has 2 heterocycles. The van der Waals surface area contributed by atoms with E-state index in [4.69, 9.17) is 5.73 Å². The maximum absolute atomic E-state index is 6.36. The van der Waals surface area contributed by atoms with Crippen molar-refractivity contribution in [3.8, 4) is 5.82 Å². The third-order valence-corrected chi connectivity index (χ3v) is 4.20. The van der Waals surface area contributed by atoms with E-state index in [1.54, 1.807) is 6.33 Å². The van der Waals surface area contributed by atoms with Gasteiger partial charge in [0.1, 0.15) is 18.3 Å². The molecule has 0 bridgehead atoms. The van der Waals surface area contributed by atoms with E-state index in [1.807, 2.05) is 47.0 Å². The second-order valence-corrected chi connectivity index (χ2v) is 5.84. The van der Waals surface area contributed by atoms with Gasteiger partial charge in [-0.25, -0.2) is 15.0 Å². The molecular weight excluding hydrogens is 312 g/mol. The van der Waals surface area contributed by atoms with Crippen LogP contribution in [0.25, 0.3) is 16.9 Å². The molecule has 124 valence electrons. The zero-order valence-electron chi connectivity index (χ0n) is 13.8. The first-order valence-corrected chi connectivity index (χ1v) is 8.08.